The molecular weight excluding hydrogens is 252 g/mol. The van der Waals surface area contributed by atoms with Crippen LogP contribution in [0.3, 0.4) is 0 Å². The number of nitrogens with two attached hydrogens (primary N) is 1. The molecule has 1 rings (SSSR count). The number of likely N-dealkylation sites (N-methyl/N-ethyl adjacent to an activating group) is 1. The predicted octanol–water partition coefficient (Wildman–Crippen LogP) is 1.62. The van der Waals surface area contributed by atoms with E-state index >= 15 is 0 Å². The number of carbonyl (C=O) groups excluding carboxylic acids is 1. The first kappa shape index (κ1) is 18.4. The van der Waals surface area contributed by atoms with Crippen molar-refractivity contribution in [2.75, 3.05) is 33.2 Å². The molecule has 5 heteroatoms. The molecule has 0 unspecified atom stereocenters. The van der Waals surface area contributed by atoms with E-state index < -0.39 is 0 Å². The van der Waals surface area contributed by atoms with Gasteiger partial charge >= 0.3 is 0 Å². The lowest BCUT2D eigenvalue weighted by atomic mass is 10.2. The maximum atomic E-state index is 10.7. The summed E-state index contributed by atoms with van der Waals surface area (Å²) >= 11 is 0. The van der Waals surface area contributed by atoms with Crippen LogP contribution >= 0.6 is 0 Å². The Balaban J connectivity index is 0.00000110. The van der Waals surface area contributed by atoms with Gasteiger partial charge in [-0.15, -0.1) is 0 Å². The van der Waals surface area contributed by atoms with Crippen LogP contribution in [0, 0.1) is 0 Å². The molecule has 2 N–H and O–H groups in total. The number of piperazine rings is 1. The molecule has 1 aliphatic heterocycles. The maximum Gasteiger partial charge on any atom is 0.153 e. The third-order valence-electron chi connectivity index (χ3n) is 2.85. The van der Waals surface area contributed by atoms with Gasteiger partial charge in [0.1, 0.15) is 11.7 Å². The Hall–Kier alpha value is -1.62. The molecule has 0 saturated carbocycles. The van der Waals surface area contributed by atoms with Crippen LogP contribution in [0.5, 0.6) is 0 Å². The van der Waals surface area contributed by atoms with Gasteiger partial charge < -0.3 is 15.5 Å². The zero-order valence-corrected chi connectivity index (χ0v) is 13.2. The Kier molecular flexibility index (Phi) is 9.38. The fraction of sp³-hybridized carbons (Fsp3) is 0.600. The fourth-order valence-corrected chi connectivity index (χ4v) is 1.62. The van der Waals surface area contributed by atoms with Gasteiger partial charge in [0.15, 0.2) is 6.29 Å². The van der Waals surface area contributed by atoms with Crippen LogP contribution in [0.2, 0.25) is 0 Å². The third kappa shape index (κ3) is 6.52. The minimum Gasteiger partial charge on any atom is -0.383 e. The van der Waals surface area contributed by atoms with E-state index in [-0.39, 0.29) is 5.84 Å². The van der Waals surface area contributed by atoms with Crippen molar-refractivity contribution in [3.63, 3.8) is 0 Å². The average molecular weight is 280 g/mol. The van der Waals surface area contributed by atoms with Crippen LogP contribution in [-0.4, -0.2) is 55.1 Å². The Morgan fingerprint density at radius 2 is 1.80 bits per heavy atom. The summed E-state index contributed by atoms with van der Waals surface area (Å²) in [7, 11) is 2.09. The normalized spacial score (nSPS) is 17.3. The van der Waals surface area contributed by atoms with Crippen molar-refractivity contribution in [1.82, 2.24) is 9.80 Å². The Morgan fingerprint density at radius 3 is 2.20 bits per heavy atom. The Morgan fingerprint density at radius 1 is 1.30 bits per heavy atom. The molecule has 1 aliphatic rings. The molecule has 0 aliphatic carbocycles. The summed E-state index contributed by atoms with van der Waals surface area (Å²) in [5.41, 5.74) is 6.13. The van der Waals surface area contributed by atoms with E-state index in [9.17, 15) is 4.79 Å². The number of nitrogens with zero attached hydrogens (tertiary/aromatic N) is 3. The molecule has 0 spiro atoms. The number of amidine groups is 1. The number of aliphatic imine (C=N–C) groups is 1. The lowest BCUT2D eigenvalue weighted by molar-refractivity contribution is -0.104. The van der Waals surface area contributed by atoms with Crippen molar-refractivity contribution in [3.8, 4) is 0 Å². The molecule has 0 aromatic rings. The second-order valence-electron chi connectivity index (χ2n) is 4.77. The van der Waals surface area contributed by atoms with Crippen LogP contribution in [0.25, 0.3) is 0 Å². The van der Waals surface area contributed by atoms with Crippen molar-refractivity contribution in [2.45, 2.75) is 27.2 Å². The van der Waals surface area contributed by atoms with Gasteiger partial charge in [-0.25, -0.2) is 4.99 Å². The highest BCUT2D eigenvalue weighted by Crippen LogP contribution is 2.08. The molecule has 0 aromatic carbocycles. The summed E-state index contributed by atoms with van der Waals surface area (Å²) in [6.07, 6.45) is 3.60. The molecule has 0 aromatic heterocycles. The molecule has 1 saturated heterocycles. The van der Waals surface area contributed by atoms with E-state index in [1.807, 2.05) is 0 Å². The highest BCUT2D eigenvalue weighted by molar-refractivity contribution is 6.12. The van der Waals surface area contributed by atoms with Crippen LogP contribution in [0.15, 0.2) is 29.0 Å². The van der Waals surface area contributed by atoms with Crippen LogP contribution < -0.4 is 5.73 Å². The van der Waals surface area contributed by atoms with E-state index in [0.717, 1.165) is 26.2 Å². The molecule has 1 heterocycles. The van der Waals surface area contributed by atoms with E-state index in [1.54, 1.807) is 13.0 Å². The van der Waals surface area contributed by atoms with Gasteiger partial charge in [-0.05, 0) is 14.0 Å². The molecule has 20 heavy (non-hydrogen) atoms. The smallest absolute Gasteiger partial charge is 0.153 e. The lowest BCUT2D eigenvalue weighted by Crippen LogP contribution is -2.43. The second kappa shape index (κ2) is 10.2. The number of hydrogen-bond acceptors (Lipinski definition) is 4. The average Bonchev–Trinajstić information content (AvgIpc) is 2.41. The van der Waals surface area contributed by atoms with E-state index in [2.05, 4.69) is 42.3 Å². The number of rotatable bonds is 4. The standard InChI is InChI=1S/C12H20N4O.C3H8/c1-4-11(9-17)12(13)14-10(2)16-7-5-15(3)6-8-16;1-3-2/h4,9H,2,5-8H2,1,3H3,(H2,13,14);3H2,1-2H3/b11-4-;. The summed E-state index contributed by atoms with van der Waals surface area (Å²) in [4.78, 5) is 19.2. The van der Waals surface area contributed by atoms with Crippen molar-refractivity contribution in [1.29, 1.82) is 0 Å². The first-order valence-corrected chi connectivity index (χ1v) is 7.08. The molecule has 0 bridgehead atoms. The highest BCUT2D eigenvalue weighted by Gasteiger charge is 2.15. The molecular formula is C15H28N4O. The summed E-state index contributed by atoms with van der Waals surface area (Å²) in [6.45, 7) is 13.6. The molecule has 0 atom stereocenters. The quantitative estimate of drug-likeness (QED) is 0.368. The zero-order chi connectivity index (χ0) is 15.5. The van der Waals surface area contributed by atoms with Gasteiger partial charge in [0.2, 0.25) is 0 Å². The summed E-state index contributed by atoms with van der Waals surface area (Å²) in [5.74, 6) is 0.850. The monoisotopic (exact) mass is 280 g/mol. The second-order valence-corrected chi connectivity index (χ2v) is 4.77. The van der Waals surface area contributed by atoms with Gasteiger partial charge in [-0.2, -0.15) is 0 Å². The molecule has 0 amide bonds. The molecule has 114 valence electrons. The van der Waals surface area contributed by atoms with Crippen LogP contribution in [-0.2, 0) is 4.79 Å². The largest absolute Gasteiger partial charge is 0.383 e. The summed E-state index contributed by atoms with van der Waals surface area (Å²) in [5, 5.41) is 0. The van der Waals surface area contributed by atoms with Gasteiger partial charge in [-0.1, -0.05) is 32.9 Å². The molecule has 0 radical (unpaired) electrons. The highest BCUT2D eigenvalue weighted by atomic mass is 16.1. The minimum absolute atomic E-state index is 0.228. The molecule has 1 fully saturated rings. The third-order valence-corrected chi connectivity index (χ3v) is 2.85. The van der Waals surface area contributed by atoms with Crippen LogP contribution in [0.4, 0.5) is 0 Å². The molecule has 5 nitrogen and oxygen atoms in total. The lowest BCUT2D eigenvalue weighted by Gasteiger charge is -2.33. The first-order chi connectivity index (χ1) is 9.49. The van der Waals surface area contributed by atoms with Gasteiger partial charge in [0, 0.05) is 26.2 Å². The van der Waals surface area contributed by atoms with Gasteiger partial charge in [0.05, 0.1) is 5.57 Å². The van der Waals surface area contributed by atoms with E-state index in [1.165, 1.54) is 6.42 Å². The number of carbonyl (C=O) groups is 1. The number of allylic oxidation sites excluding steroid dienone is 1. The topological polar surface area (TPSA) is 61.9 Å². The predicted molar refractivity (Wildman–Crippen MR) is 85.6 cm³/mol. The number of aldehydes is 1. The van der Waals surface area contributed by atoms with E-state index in [0.29, 0.717) is 17.7 Å². The fourth-order valence-electron chi connectivity index (χ4n) is 1.62. The Labute approximate surface area is 122 Å². The minimum atomic E-state index is 0.228. The van der Waals surface area contributed by atoms with Crippen LogP contribution in [0.1, 0.15) is 27.2 Å². The van der Waals surface area contributed by atoms with Crippen molar-refractivity contribution >= 4 is 12.1 Å². The summed E-state index contributed by atoms with van der Waals surface area (Å²) in [6, 6.07) is 0. The first-order valence-electron chi connectivity index (χ1n) is 7.08. The number of hydrogen-bond donors (Lipinski definition) is 1. The zero-order valence-electron chi connectivity index (χ0n) is 13.2. The van der Waals surface area contributed by atoms with Crippen molar-refractivity contribution in [3.05, 3.63) is 24.0 Å². The summed E-state index contributed by atoms with van der Waals surface area (Å²) < 4.78 is 0. The van der Waals surface area contributed by atoms with Gasteiger partial charge in [-0.3, -0.25) is 4.79 Å². The SMILES string of the molecule is C=C(/N=C(N)\C(C=O)=C/C)N1CCN(C)CC1.CCC. The van der Waals surface area contributed by atoms with Gasteiger partial charge in [0.25, 0.3) is 0 Å². The maximum absolute atomic E-state index is 10.7. The van der Waals surface area contributed by atoms with Crippen molar-refractivity contribution < 1.29 is 4.79 Å². The Bertz CT molecular complexity index is 366. The van der Waals surface area contributed by atoms with Crippen molar-refractivity contribution in [2.24, 2.45) is 10.7 Å². The van der Waals surface area contributed by atoms with E-state index in [4.69, 9.17) is 5.73 Å².